The topological polar surface area (TPSA) is 87.0 Å². The molecule has 1 aliphatic heterocycles. The second-order valence-electron chi connectivity index (χ2n) is 10.8. The molecule has 0 bridgehead atoms. The van der Waals surface area contributed by atoms with Crippen molar-refractivity contribution in [3.05, 3.63) is 11.6 Å². The molecule has 1 unspecified atom stereocenters. The fraction of sp³-hybridized carbons (Fsp3) is 0.870. The number of aliphatic hydroxyl groups is 3. The maximum absolute atomic E-state index is 12.1. The van der Waals surface area contributed by atoms with Crippen LogP contribution in [0.25, 0.3) is 0 Å². The Balaban J connectivity index is 1.51. The molecule has 156 valence electrons. The van der Waals surface area contributed by atoms with Crippen LogP contribution in [0.2, 0.25) is 0 Å². The Kier molecular flexibility index (Phi) is 4.12. The van der Waals surface area contributed by atoms with E-state index in [0.29, 0.717) is 31.3 Å². The second kappa shape index (κ2) is 6.05. The van der Waals surface area contributed by atoms with Gasteiger partial charge in [0, 0.05) is 11.5 Å². The number of esters is 1. The van der Waals surface area contributed by atoms with Gasteiger partial charge in [-0.05, 0) is 86.0 Å². The zero-order chi connectivity index (χ0) is 19.9. The van der Waals surface area contributed by atoms with E-state index in [-0.39, 0.29) is 29.3 Å². The summed E-state index contributed by atoms with van der Waals surface area (Å²) in [6.07, 6.45) is 7.69. The van der Waals surface area contributed by atoms with Gasteiger partial charge in [0.05, 0.1) is 17.8 Å². The third-order valence-corrected chi connectivity index (χ3v) is 10.0. The Labute approximate surface area is 167 Å². The molecule has 3 N–H and O–H groups in total. The van der Waals surface area contributed by atoms with Gasteiger partial charge in [-0.1, -0.05) is 13.8 Å². The lowest BCUT2D eigenvalue weighted by Gasteiger charge is -2.64. The van der Waals surface area contributed by atoms with Gasteiger partial charge in [-0.3, -0.25) is 0 Å². The summed E-state index contributed by atoms with van der Waals surface area (Å²) in [5, 5.41) is 33.7. The van der Waals surface area contributed by atoms with Crippen molar-refractivity contribution in [3.8, 4) is 0 Å². The van der Waals surface area contributed by atoms with Crippen LogP contribution in [-0.2, 0) is 9.53 Å². The molecule has 0 radical (unpaired) electrons. The lowest BCUT2D eigenvalue weighted by molar-refractivity contribution is -0.244. The van der Waals surface area contributed by atoms with E-state index >= 15 is 0 Å². The van der Waals surface area contributed by atoms with Crippen molar-refractivity contribution in [2.45, 2.75) is 83.0 Å². The van der Waals surface area contributed by atoms with Crippen molar-refractivity contribution in [1.82, 2.24) is 0 Å². The molecule has 9 atom stereocenters. The van der Waals surface area contributed by atoms with E-state index in [4.69, 9.17) is 4.74 Å². The first kappa shape index (κ1) is 19.1. The molecule has 0 spiro atoms. The number of hydrogen-bond acceptors (Lipinski definition) is 5. The Bertz CT molecular complexity index is 718. The van der Waals surface area contributed by atoms with Gasteiger partial charge in [0.1, 0.15) is 6.61 Å². The van der Waals surface area contributed by atoms with Crippen LogP contribution in [0.15, 0.2) is 11.6 Å². The molecule has 0 aromatic heterocycles. The Morgan fingerprint density at radius 3 is 2.54 bits per heavy atom. The Morgan fingerprint density at radius 1 is 1.04 bits per heavy atom. The summed E-state index contributed by atoms with van der Waals surface area (Å²) in [4.78, 5) is 11.6. The molecular weight excluding hydrogens is 356 g/mol. The predicted molar refractivity (Wildman–Crippen MR) is 103 cm³/mol. The zero-order valence-corrected chi connectivity index (χ0v) is 17.1. The summed E-state index contributed by atoms with van der Waals surface area (Å²) in [7, 11) is 0. The number of carbonyl (C=O) groups is 1. The van der Waals surface area contributed by atoms with Crippen LogP contribution < -0.4 is 0 Å². The van der Waals surface area contributed by atoms with E-state index in [1.807, 2.05) is 6.92 Å². The third kappa shape index (κ3) is 2.27. The minimum Gasteiger partial charge on any atom is -0.458 e. The maximum Gasteiger partial charge on any atom is 0.331 e. The summed E-state index contributed by atoms with van der Waals surface area (Å²) in [5.41, 5.74) is -0.507. The number of ether oxygens (including phenoxy) is 1. The number of aliphatic hydroxyl groups excluding tert-OH is 2. The molecule has 4 fully saturated rings. The molecule has 5 rings (SSSR count). The summed E-state index contributed by atoms with van der Waals surface area (Å²) < 4.78 is 5.16. The highest BCUT2D eigenvalue weighted by Gasteiger charge is 2.70. The van der Waals surface area contributed by atoms with Crippen molar-refractivity contribution in [2.75, 3.05) is 6.61 Å². The number of rotatable bonds is 1. The van der Waals surface area contributed by atoms with E-state index in [2.05, 4.69) is 6.92 Å². The molecule has 5 nitrogen and oxygen atoms in total. The van der Waals surface area contributed by atoms with Crippen molar-refractivity contribution < 1.29 is 24.9 Å². The average molecular weight is 391 g/mol. The van der Waals surface area contributed by atoms with Crippen LogP contribution in [0.5, 0.6) is 0 Å². The molecule has 0 amide bonds. The Hall–Kier alpha value is -0.910. The fourth-order valence-electron chi connectivity index (χ4n) is 8.37. The van der Waals surface area contributed by atoms with E-state index in [1.54, 1.807) is 6.08 Å². The van der Waals surface area contributed by atoms with Crippen molar-refractivity contribution >= 4 is 5.97 Å². The molecule has 1 heterocycles. The number of hydrogen-bond donors (Lipinski definition) is 3. The third-order valence-electron chi connectivity index (χ3n) is 10.0. The highest BCUT2D eigenvalue weighted by molar-refractivity contribution is 5.85. The lowest BCUT2D eigenvalue weighted by Crippen LogP contribution is -2.67. The van der Waals surface area contributed by atoms with Crippen LogP contribution in [0.4, 0.5) is 0 Å². The molecule has 28 heavy (non-hydrogen) atoms. The van der Waals surface area contributed by atoms with Gasteiger partial charge in [0.15, 0.2) is 0 Å². The summed E-state index contributed by atoms with van der Waals surface area (Å²) >= 11 is 0. The first-order valence-electron chi connectivity index (χ1n) is 11.2. The van der Waals surface area contributed by atoms with Crippen LogP contribution in [0.3, 0.4) is 0 Å². The summed E-state index contributed by atoms with van der Waals surface area (Å²) in [6, 6.07) is 0. The molecule has 0 aromatic carbocycles. The standard InChI is InChI=1S/C23H34O5/c1-21-7-5-15(24)10-14(21)3-4-17-18(21)11-19(25)22(2)16(6-8-23(17,22)27)13-9-20(26)28-12-13/h9,14-19,24-25,27H,3-8,10-12H2,1-2H3/t14-,15+,16-,17-,18+,19?,21+,22-,23+/m1/s1. The van der Waals surface area contributed by atoms with Crippen LogP contribution >= 0.6 is 0 Å². The van der Waals surface area contributed by atoms with E-state index in [9.17, 15) is 20.1 Å². The normalized spacial score (nSPS) is 55.8. The van der Waals surface area contributed by atoms with Gasteiger partial charge in [0.25, 0.3) is 0 Å². The average Bonchev–Trinajstić information content (AvgIpc) is 3.19. The van der Waals surface area contributed by atoms with Gasteiger partial charge >= 0.3 is 5.97 Å². The molecule has 4 saturated carbocycles. The van der Waals surface area contributed by atoms with Crippen molar-refractivity contribution in [2.24, 2.45) is 34.5 Å². The number of cyclic esters (lactones) is 1. The minimum absolute atomic E-state index is 0.00129. The van der Waals surface area contributed by atoms with Gasteiger partial charge in [-0.2, -0.15) is 0 Å². The van der Waals surface area contributed by atoms with Crippen LogP contribution in [0.1, 0.15) is 65.2 Å². The van der Waals surface area contributed by atoms with Crippen molar-refractivity contribution in [1.29, 1.82) is 0 Å². The first-order valence-corrected chi connectivity index (χ1v) is 11.2. The zero-order valence-electron chi connectivity index (χ0n) is 17.1. The van der Waals surface area contributed by atoms with Crippen LogP contribution in [0, 0.1) is 34.5 Å². The maximum atomic E-state index is 12.1. The lowest BCUT2D eigenvalue weighted by atomic mass is 9.42. The van der Waals surface area contributed by atoms with Gasteiger partial charge in [-0.25, -0.2) is 4.79 Å². The molecule has 0 aromatic rings. The Morgan fingerprint density at radius 2 is 1.82 bits per heavy atom. The largest absolute Gasteiger partial charge is 0.458 e. The minimum atomic E-state index is -0.906. The molecule has 4 aliphatic carbocycles. The monoisotopic (exact) mass is 390 g/mol. The fourth-order valence-corrected chi connectivity index (χ4v) is 8.37. The second-order valence-corrected chi connectivity index (χ2v) is 10.8. The highest BCUT2D eigenvalue weighted by atomic mass is 16.5. The van der Waals surface area contributed by atoms with Gasteiger partial charge in [-0.15, -0.1) is 0 Å². The van der Waals surface area contributed by atoms with E-state index < -0.39 is 17.1 Å². The number of fused-ring (bicyclic) bond motifs is 5. The van der Waals surface area contributed by atoms with Gasteiger partial charge in [0.2, 0.25) is 0 Å². The number of carbonyl (C=O) groups excluding carboxylic acids is 1. The smallest absolute Gasteiger partial charge is 0.331 e. The van der Waals surface area contributed by atoms with E-state index in [0.717, 1.165) is 44.1 Å². The van der Waals surface area contributed by atoms with Gasteiger partial charge < -0.3 is 20.1 Å². The van der Waals surface area contributed by atoms with Crippen molar-refractivity contribution in [3.63, 3.8) is 0 Å². The predicted octanol–water partition coefficient (Wildman–Crippen LogP) is 2.58. The first-order chi connectivity index (χ1) is 13.2. The highest BCUT2D eigenvalue weighted by Crippen LogP contribution is 2.69. The molecule has 0 saturated heterocycles. The quantitative estimate of drug-likeness (QED) is 0.599. The molecular formula is C23H34O5. The molecule has 5 aliphatic rings. The summed E-state index contributed by atoms with van der Waals surface area (Å²) in [6.45, 7) is 4.69. The SMILES string of the molecule is C[C@]12CC[C@H](O)C[C@H]1CC[C@@H]1[C@@H]2CC(O)[C@@]2(C)[C@@H](C3=CC(=O)OC3)CC[C@]12O. The molecule has 5 heteroatoms. The van der Waals surface area contributed by atoms with E-state index in [1.165, 1.54) is 0 Å². The van der Waals surface area contributed by atoms with Crippen LogP contribution in [-0.4, -0.2) is 45.7 Å². The summed E-state index contributed by atoms with van der Waals surface area (Å²) in [5.74, 6) is 0.657.